The van der Waals surface area contributed by atoms with E-state index in [1.807, 2.05) is 13.0 Å². The fraction of sp³-hybridized carbons (Fsp3) is 0.391. The van der Waals surface area contributed by atoms with E-state index in [0.29, 0.717) is 29.9 Å². The third-order valence-electron chi connectivity index (χ3n) is 4.72. The number of methoxy groups -OCH3 is 2. The normalized spacial score (nSPS) is 11.6. The van der Waals surface area contributed by atoms with Crippen molar-refractivity contribution in [3.63, 3.8) is 0 Å². The van der Waals surface area contributed by atoms with Crippen LogP contribution < -0.4 is 14.8 Å². The molecular weight excluding hydrogens is 405 g/mol. The van der Waals surface area contributed by atoms with Gasteiger partial charge in [-0.3, -0.25) is 9.68 Å². The smallest absolute Gasteiger partial charge is 0.339 e. The highest BCUT2D eigenvalue weighted by atomic mass is 19.1. The van der Waals surface area contributed by atoms with Crippen LogP contribution in [0.2, 0.25) is 0 Å². The van der Waals surface area contributed by atoms with E-state index in [1.165, 1.54) is 33.3 Å². The number of ketones is 1. The number of rotatable bonds is 12. The van der Waals surface area contributed by atoms with Crippen LogP contribution >= 0.6 is 0 Å². The van der Waals surface area contributed by atoms with E-state index < -0.39 is 12.0 Å². The number of halogens is 1. The quantitative estimate of drug-likeness (QED) is 0.238. The Morgan fingerprint density at radius 3 is 2.35 bits per heavy atom. The third-order valence-corrected chi connectivity index (χ3v) is 4.72. The van der Waals surface area contributed by atoms with Crippen molar-refractivity contribution >= 4 is 11.8 Å². The van der Waals surface area contributed by atoms with Gasteiger partial charge in [-0.2, -0.15) is 4.89 Å². The molecular formula is C23H28FNO6. The van der Waals surface area contributed by atoms with Crippen molar-refractivity contribution in [1.29, 1.82) is 0 Å². The number of carbonyl (C=O) groups excluding carboxylic acids is 2. The largest absolute Gasteiger partial charge is 0.496 e. The molecule has 2 aromatic carbocycles. The lowest BCUT2D eigenvalue weighted by Crippen LogP contribution is -2.39. The van der Waals surface area contributed by atoms with Gasteiger partial charge in [0.05, 0.1) is 20.3 Å². The number of Topliss-reactive ketones (excluding diaryl/α,β-unsaturated/α-hetero) is 1. The molecule has 0 spiro atoms. The van der Waals surface area contributed by atoms with Gasteiger partial charge >= 0.3 is 5.97 Å². The molecule has 2 rings (SSSR count). The van der Waals surface area contributed by atoms with Gasteiger partial charge in [-0.05, 0) is 49.6 Å². The van der Waals surface area contributed by atoms with Crippen molar-refractivity contribution < 1.29 is 33.2 Å². The summed E-state index contributed by atoms with van der Waals surface area (Å²) in [6.45, 7) is 3.42. The van der Waals surface area contributed by atoms with Gasteiger partial charge in [0.25, 0.3) is 0 Å². The summed E-state index contributed by atoms with van der Waals surface area (Å²) in [4.78, 5) is 33.3. The molecule has 8 heteroatoms. The first kappa shape index (κ1) is 24.3. The minimum atomic E-state index is -0.582. The van der Waals surface area contributed by atoms with Crippen LogP contribution in [0.4, 0.5) is 4.39 Å². The van der Waals surface area contributed by atoms with Crippen molar-refractivity contribution in [3.05, 3.63) is 58.9 Å². The summed E-state index contributed by atoms with van der Waals surface area (Å²) in [5.41, 5.74) is 2.01. The minimum Gasteiger partial charge on any atom is -0.496 e. The summed E-state index contributed by atoms with van der Waals surface area (Å²) in [7, 11) is 3.06. The molecule has 0 bridgehead atoms. The Bertz CT molecular complexity index is 876. The second-order valence-electron chi connectivity index (χ2n) is 6.94. The zero-order chi connectivity index (χ0) is 22.8. The molecule has 1 unspecified atom stereocenters. The molecule has 0 saturated carbocycles. The Hall–Kier alpha value is -2.97. The molecule has 1 N–H and O–H groups in total. The second-order valence-corrected chi connectivity index (χ2v) is 6.94. The highest BCUT2D eigenvalue weighted by Gasteiger charge is 2.22. The molecule has 0 aliphatic heterocycles. The molecule has 0 saturated heterocycles. The van der Waals surface area contributed by atoms with E-state index in [9.17, 15) is 14.0 Å². The monoisotopic (exact) mass is 433 g/mol. The summed E-state index contributed by atoms with van der Waals surface area (Å²) in [5.74, 6) is 0.0451. The van der Waals surface area contributed by atoms with Crippen molar-refractivity contribution in [3.8, 4) is 11.5 Å². The van der Waals surface area contributed by atoms with Crippen LogP contribution in [0.25, 0.3) is 0 Å². The number of carbonyl (C=O) groups is 2. The lowest BCUT2D eigenvalue weighted by atomic mass is 9.96. The van der Waals surface area contributed by atoms with Gasteiger partial charge in [-0.1, -0.05) is 12.1 Å². The van der Waals surface area contributed by atoms with E-state index >= 15 is 0 Å². The van der Waals surface area contributed by atoms with E-state index in [4.69, 9.17) is 14.4 Å². The van der Waals surface area contributed by atoms with Crippen molar-refractivity contribution in [2.24, 2.45) is 0 Å². The van der Waals surface area contributed by atoms with Crippen LogP contribution in [0, 0.1) is 12.7 Å². The van der Waals surface area contributed by atoms with E-state index in [1.54, 1.807) is 18.2 Å². The van der Waals surface area contributed by atoms with Crippen molar-refractivity contribution in [2.75, 3.05) is 27.4 Å². The molecule has 1 atom stereocenters. The van der Waals surface area contributed by atoms with Gasteiger partial charge < -0.3 is 14.8 Å². The molecule has 7 nitrogen and oxygen atoms in total. The zero-order valence-corrected chi connectivity index (χ0v) is 18.2. The number of ether oxygens (including phenoxy) is 2. The first-order valence-corrected chi connectivity index (χ1v) is 9.90. The molecule has 0 fully saturated rings. The first-order valence-electron chi connectivity index (χ1n) is 9.90. The average Bonchev–Trinajstić information content (AvgIpc) is 2.75. The molecule has 0 aliphatic rings. The maximum absolute atomic E-state index is 13.5. The zero-order valence-electron chi connectivity index (χ0n) is 18.2. The Kier molecular flexibility index (Phi) is 9.42. The molecule has 168 valence electrons. The highest BCUT2D eigenvalue weighted by molar-refractivity contribution is 6.01. The Morgan fingerprint density at radius 2 is 1.77 bits per heavy atom. The highest BCUT2D eigenvalue weighted by Crippen LogP contribution is 2.30. The molecule has 0 heterocycles. The van der Waals surface area contributed by atoms with Gasteiger partial charge in [0, 0.05) is 24.6 Å². The van der Waals surface area contributed by atoms with E-state index in [2.05, 4.69) is 10.2 Å². The predicted molar refractivity (Wildman–Crippen MR) is 113 cm³/mol. The van der Waals surface area contributed by atoms with Crippen LogP contribution in [0.1, 0.15) is 34.8 Å². The topological polar surface area (TPSA) is 83.1 Å². The minimum absolute atomic E-state index is 0.0733. The van der Waals surface area contributed by atoms with Gasteiger partial charge in [0.1, 0.15) is 23.9 Å². The average molecular weight is 433 g/mol. The summed E-state index contributed by atoms with van der Waals surface area (Å²) >= 11 is 0. The van der Waals surface area contributed by atoms with Gasteiger partial charge in [0.15, 0.2) is 5.78 Å². The van der Waals surface area contributed by atoms with E-state index in [-0.39, 0.29) is 24.8 Å². The number of hydrogen-bond donors (Lipinski definition) is 1. The molecule has 0 aromatic heterocycles. The standard InChI is InChI=1S/C23H28FNO6/c1-15-21(28-3)13-18(14-22(15)29-4)23(27)20(25-10-11-30-31-16(2)26)9-8-17-6-5-7-19(24)12-17/h5-7,12-14,20,25H,8-11H2,1-4H3. The first-order chi connectivity index (χ1) is 14.8. The summed E-state index contributed by atoms with van der Waals surface area (Å²) in [6, 6.07) is 9.04. The molecule has 0 radical (unpaired) electrons. The number of aryl methyl sites for hydroxylation is 1. The van der Waals surface area contributed by atoms with Gasteiger partial charge in [-0.25, -0.2) is 9.18 Å². The summed E-state index contributed by atoms with van der Waals surface area (Å²) in [6.07, 6.45) is 0.917. The Balaban J connectivity index is 2.17. The fourth-order valence-electron chi connectivity index (χ4n) is 3.16. The predicted octanol–water partition coefficient (Wildman–Crippen LogP) is 3.42. The maximum Gasteiger partial charge on any atom is 0.339 e. The van der Waals surface area contributed by atoms with Crippen molar-refractivity contribution in [1.82, 2.24) is 5.32 Å². The van der Waals surface area contributed by atoms with Crippen LogP contribution in [0.3, 0.4) is 0 Å². The van der Waals surface area contributed by atoms with E-state index in [0.717, 1.165) is 11.1 Å². The summed E-state index contributed by atoms with van der Waals surface area (Å²) in [5, 5.41) is 3.12. The molecule has 0 amide bonds. The molecule has 0 aliphatic carbocycles. The van der Waals surface area contributed by atoms with Crippen molar-refractivity contribution in [2.45, 2.75) is 32.7 Å². The maximum atomic E-state index is 13.5. The molecule has 31 heavy (non-hydrogen) atoms. The Morgan fingerprint density at radius 1 is 1.10 bits per heavy atom. The lowest BCUT2D eigenvalue weighted by molar-refractivity contribution is -0.269. The van der Waals surface area contributed by atoms with Gasteiger partial charge in [-0.15, -0.1) is 0 Å². The van der Waals surface area contributed by atoms with Crippen LogP contribution in [0.15, 0.2) is 36.4 Å². The Labute approximate surface area is 181 Å². The van der Waals surface area contributed by atoms with Crippen LogP contribution in [-0.4, -0.2) is 45.2 Å². The summed E-state index contributed by atoms with van der Waals surface area (Å²) < 4.78 is 24.3. The third kappa shape index (κ3) is 7.34. The van der Waals surface area contributed by atoms with Crippen LogP contribution in [-0.2, 0) is 21.0 Å². The fourth-order valence-corrected chi connectivity index (χ4v) is 3.16. The second kappa shape index (κ2) is 12.0. The lowest BCUT2D eigenvalue weighted by Gasteiger charge is -2.19. The SMILES string of the molecule is COc1cc(C(=O)C(CCc2cccc(F)c2)NCCOOC(C)=O)cc(OC)c1C. The number of hydrogen-bond acceptors (Lipinski definition) is 7. The number of nitrogens with one attached hydrogen (secondary N) is 1. The van der Waals surface area contributed by atoms with Crippen LogP contribution in [0.5, 0.6) is 11.5 Å². The molecule has 2 aromatic rings. The van der Waals surface area contributed by atoms with Gasteiger partial charge in [0.2, 0.25) is 0 Å². The number of benzene rings is 2.